The molecule has 0 aliphatic heterocycles. The highest BCUT2D eigenvalue weighted by molar-refractivity contribution is 8.13. The Bertz CT molecular complexity index is 518. The van der Waals surface area contributed by atoms with Crippen molar-refractivity contribution in [2.45, 2.75) is 23.7 Å². The summed E-state index contributed by atoms with van der Waals surface area (Å²) in [6.07, 6.45) is 2.61. The van der Waals surface area contributed by atoms with Crippen LogP contribution in [0.15, 0.2) is 11.1 Å². The van der Waals surface area contributed by atoms with Crippen LogP contribution in [0.5, 0.6) is 0 Å². The Labute approximate surface area is 85.1 Å². The van der Waals surface area contributed by atoms with E-state index in [0.29, 0.717) is 4.68 Å². The molecule has 6 heteroatoms. The van der Waals surface area contributed by atoms with E-state index in [4.69, 9.17) is 14.8 Å². The smallest absolute Gasteiger partial charge is 0.264 e. The summed E-state index contributed by atoms with van der Waals surface area (Å²) in [5, 5.41) is 3.80. The molecular formula is C7H9ClN2O2S. The maximum Gasteiger partial charge on any atom is 0.264 e. The maximum atomic E-state index is 11.3. The summed E-state index contributed by atoms with van der Waals surface area (Å²) < 4.78 is 44.6. The van der Waals surface area contributed by atoms with E-state index in [-0.39, 0.29) is 16.5 Å². The molecule has 0 spiro atoms. The molecule has 13 heavy (non-hydrogen) atoms. The molecular weight excluding hydrogens is 212 g/mol. The summed E-state index contributed by atoms with van der Waals surface area (Å²) in [6, 6.07) is 0. The second kappa shape index (κ2) is 2.72. The molecule has 1 fully saturated rings. The molecule has 0 N–H and O–H groups in total. The van der Waals surface area contributed by atoms with Crippen LogP contribution in [0.2, 0.25) is 0 Å². The fourth-order valence-corrected chi connectivity index (χ4v) is 2.24. The van der Waals surface area contributed by atoms with Gasteiger partial charge in [0.25, 0.3) is 9.05 Å². The van der Waals surface area contributed by atoms with Gasteiger partial charge in [0.15, 0.2) is 0 Å². The summed E-state index contributed by atoms with van der Waals surface area (Å²) in [7, 11) is 1.30. The molecule has 2 rings (SSSR count). The number of aromatic nitrogens is 2. The monoisotopic (exact) mass is 223 g/mol. The molecule has 0 unspecified atom stereocenters. The van der Waals surface area contributed by atoms with Gasteiger partial charge in [-0.05, 0) is 12.8 Å². The zero-order valence-electron chi connectivity index (χ0n) is 9.57. The van der Waals surface area contributed by atoms with E-state index in [0.717, 1.165) is 19.0 Å². The lowest BCUT2D eigenvalue weighted by atomic mass is 10.3. The van der Waals surface area contributed by atoms with Crippen molar-refractivity contribution in [3.63, 3.8) is 0 Å². The van der Waals surface area contributed by atoms with Crippen molar-refractivity contribution >= 4 is 19.7 Å². The predicted octanol–water partition coefficient (Wildman–Crippen LogP) is 1.22. The van der Waals surface area contributed by atoms with Gasteiger partial charge in [0.1, 0.15) is 4.90 Å². The second-order valence-electron chi connectivity index (χ2n) is 3.04. The Morgan fingerprint density at radius 2 is 2.46 bits per heavy atom. The lowest BCUT2D eigenvalue weighted by molar-refractivity contribution is 0.608. The third-order valence-electron chi connectivity index (χ3n) is 1.93. The lowest BCUT2D eigenvalue weighted by Gasteiger charge is -1.93. The van der Waals surface area contributed by atoms with Crippen LogP contribution in [0.25, 0.3) is 0 Å². The van der Waals surface area contributed by atoms with E-state index >= 15 is 0 Å². The third-order valence-corrected chi connectivity index (χ3v) is 3.27. The summed E-state index contributed by atoms with van der Waals surface area (Å²) >= 11 is 0. The summed E-state index contributed by atoms with van der Waals surface area (Å²) in [5.74, 6) is 0.0205. The van der Waals surface area contributed by atoms with Crippen LogP contribution in [-0.2, 0) is 16.0 Å². The SMILES string of the molecule is [2H]C([2H])([2H])n1cc(S(=O)(=O)Cl)c(C2CC2)n1. The maximum absolute atomic E-state index is 11.3. The molecule has 0 bridgehead atoms. The van der Waals surface area contributed by atoms with E-state index in [9.17, 15) is 8.42 Å². The van der Waals surface area contributed by atoms with Crippen LogP contribution >= 0.6 is 10.7 Å². The molecule has 1 saturated carbocycles. The predicted molar refractivity (Wildman–Crippen MR) is 48.2 cm³/mol. The first kappa shape index (κ1) is 6.03. The van der Waals surface area contributed by atoms with E-state index < -0.39 is 16.0 Å². The Hall–Kier alpha value is -0.550. The molecule has 1 aromatic rings. The first-order valence-electron chi connectivity index (χ1n) is 5.24. The quantitative estimate of drug-likeness (QED) is 0.709. The third kappa shape index (κ3) is 1.71. The normalized spacial score (nSPS) is 22.1. The van der Waals surface area contributed by atoms with Crippen LogP contribution in [0.3, 0.4) is 0 Å². The Morgan fingerprint density at radius 1 is 1.77 bits per heavy atom. The molecule has 0 amide bonds. The number of rotatable bonds is 2. The lowest BCUT2D eigenvalue weighted by Crippen LogP contribution is -1.93. The van der Waals surface area contributed by atoms with Gasteiger partial charge in [-0.25, -0.2) is 8.42 Å². The number of aryl methyl sites for hydroxylation is 1. The number of nitrogens with zero attached hydrogens (tertiary/aromatic N) is 2. The highest BCUT2D eigenvalue weighted by Crippen LogP contribution is 2.42. The van der Waals surface area contributed by atoms with Gasteiger partial charge in [-0.3, -0.25) is 4.68 Å². The molecule has 1 aliphatic rings. The van der Waals surface area contributed by atoms with Gasteiger partial charge in [0.05, 0.1) is 5.69 Å². The van der Waals surface area contributed by atoms with E-state index in [1.165, 1.54) is 0 Å². The molecule has 1 aromatic heterocycles. The number of hydrogen-bond donors (Lipinski definition) is 0. The standard InChI is InChI=1S/C7H9ClN2O2S/c1-10-4-6(13(8,11)12)7(9-10)5-2-3-5/h4-5H,2-3H2,1H3/i1D3. The minimum Gasteiger partial charge on any atom is -0.274 e. The van der Waals surface area contributed by atoms with Crippen molar-refractivity contribution in [2.75, 3.05) is 0 Å². The topological polar surface area (TPSA) is 52.0 Å². The average Bonchev–Trinajstić information content (AvgIpc) is 2.79. The number of halogens is 1. The van der Waals surface area contributed by atoms with Crippen LogP contribution in [-0.4, -0.2) is 18.2 Å². The fraction of sp³-hybridized carbons (Fsp3) is 0.571. The van der Waals surface area contributed by atoms with Crippen molar-refractivity contribution in [3.05, 3.63) is 11.9 Å². The molecule has 0 atom stereocenters. The van der Waals surface area contributed by atoms with Crippen molar-refractivity contribution in [1.82, 2.24) is 9.78 Å². The van der Waals surface area contributed by atoms with Crippen LogP contribution < -0.4 is 0 Å². The first-order valence-corrected chi connectivity index (χ1v) is 6.05. The van der Waals surface area contributed by atoms with Crippen molar-refractivity contribution in [3.8, 4) is 0 Å². The van der Waals surface area contributed by atoms with Crippen LogP contribution in [0.4, 0.5) is 0 Å². The molecule has 4 nitrogen and oxygen atoms in total. The van der Waals surface area contributed by atoms with Gasteiger partial charge in [-0.2, -0.15) is 5.10 Å². The van der Waals surface area contributed by atoms with Crippen molar-refractivity contribution in [1.29, 1.82) is 0 Å². The Morgan fingerprint density at radius 3 is 2.92 bits per heavy atom. The summed E-state index contributed by atoms with van der Waals surface area (Å²) in [5.41, 5.74) is 0.270. The van der Waals surface area contributed by atoms with Gasteiger partial charge < -0.3 is 0 Å². The largest absolute Gasteiger partial charge is 0.274 e. The number of hydrogen-bond acceptors (Lipinski definition) is 3. The van der Waals surface area contributed by atoms with Crippen LogP contribution in [0, 0.1) is 0 Å². The average molecular weight is 224 g/mol. The molecule has 0 radical (unpaired) electrons. The molecule has 1 heterocycles. The van der Waals surface area contributed by atoms with Crippen molar-refractivity contribution < 1.29 is 12.5 Å². The first-order chi connectivity index (χ1) is 7.19. The Balaban J connectivity index is 2.55. The summed E-state index contributed by atoms with van der Waals surface area (Å²) in [4.78, 5) is -0.187. The van der Waals surface area contributed by atoms with Gasteiger partial charge in [-0.15, -0.1) is 0 Å². The van der Waals surface area contributed by atoms with E-state index in [2.05, 4.69) is 5.10 Å². The summed E-state index contributed by atoms with van der Waals surface area (Å²) in [6.45, 7) is -2.48. The highest BCUT2D eigenvalue weighted by atomic mass is 35.7. The van der Waals surface area contributed by atoms with E-state index in [1.54, 1.807) is 0 Å². The molecule has 0 aromatic carbocycles. The molecule has 72 valence electrons. The minimum absolute atomic E-state index is 0.0205. The van der Waals surface area contributed by atoms with Gasteiger partial charge >= 0.3 is 0 Å². The van der Waals surface area contributed by atoms with Crippen molar-refractivity contribution in [2.24, 2.45) is 6.98 Å². The fourth-order valence-electron chi connectivity index (χ4n) is 1.20. The highest BCUT2D eigenvalue weighted by Gasteiger charge is 2.32. The van der Waals surface area contributed by atoms with Gasteiger partial charge in [0, 0.05) is 33.9 Å². The zero-order chi connectivity index (χ0) is 12.1. The zero-order valence-corrected chi connectivity index (χ0v) is 8.14. The van der Waals surface area contributed by atoms with E-state index in [1.807, 2.05) is 0 Å². The molecule has 1 aliphatic carbocycles. The van der Waals surface area contributed by atoms with Gasteiger partial charge in [0.2, 0.25) is 0 Å². The minimum atomic E-state index is -3.94. The van der Waals surface area contributed by atoms with Crippen LogP contribution in [0.1, 0.15) is 28.6 Å². The van der Waals surface area contributed by atoms with Gasteiger partial charge in [-0.1, -0.05) is 0 Å². The molecule has 0 saturated heterocycles. The Kier molecular flexibility index (Phi) is 1.26. The second-order valence-corrected chi connectivity index (χ2v) is 5.57.